The van der Waals surface area contributed by atoms with Crippen molar-refractivity contribution >= 4 is 11.6 Å². The van der Waals surface area contributed by atoms with Crippen LogP contribution in [0.15, 0.2) is 12.2 Å². The number of halogens is 1. The third-order valence-electron chi connectivity index (χ3n) is 1.14. The van der Waals surface area contributed by atoms with E-state index in [1.807, 2.05) is 0 Å². The van der Waals surface area contributed by atoms with Crippen molar-refractivity contribution < 1.29 is 4.74 Å². The molecule has 0 N–H and O–H groups in total. The number of hydrogen-bond donors (Lipinski definition) is 0. The number of unbranched alkanes of at least 4 members (excludes halogenated alkanes) is 1. The summed E-state index contributed by atoms with van der Waals surface area (Å²) in [6, 6.07) is 0. The zero-order valence-electron chi connectivity index (χ0n) is 6.53. The number of rotatable bonds is 6. The summed E-state index contributed by atoms with van der Waals surface area (Å²) in [6.45, 7) is 7.29. The lowest BCUT2D eigenvalue weighted by Crippen LogP contribution is -1.99. The Bertz CT molecular complexity index is 91.3. The predicted molar refractivity (Wildman–Crippen MR) is 45.6 cm³/mol. The molecule has 0 bridgehead atoms. The summed E-state index contributed by atoms with van der Waals surface area (Å²) in [5.74, 6) is 0.506. The van der Waals surface area contributed by atoms with Crippen molar-refractivity contribution in [3.8, 4) is 0 Å². The van der Waals surface area contributed by atoms with Crippen LogP contribution < -0.4 is 0 Å². The first-order valence-electron chi connectivity index (χ1n) is 3.61. The van der Waals surface area contributed by atoms with E-state index in [0.717, 1.165) is 18.6 Å². The van der Waals surface area contributed by atoms with Gasteiger partial charge in [0.15, 0.2) is 0 Å². The van der Waals surface area contributed by atoms with Crippen LogP contribution in [0.3, 0.4) is 0 Å². The molecule has 10 heavy (non-hydrogen) atoms. The highest BCUT2D eigenvalue weighted by Crippen LogP contribution is 1.95. The molecule has 0 aromatic rings. The Morgan fingerprint density at radius 2 is 2.30 bits per heavy atom. The Labute approximate surface area is 68.0 Å². The van der Waals surface area contributed by atoms with Crippen molar-refractivity contribution in [3.63, 3.8) is 0 Å². The van der Waals surface area contributed by atoms with Crippen LogP contribution in [-0.4, -0.2) is 19.1 Å². The maximum absolute atomic E-state index is 5.49. The molecule has 0 saturated heterocycles. The van der Waals surface area contributed by atoms with E-state index in [1.54, 1.807) is 0 Å². The van der Waals surface area contributed by atoms with Crippen LogP contribution in [0.1, 0.15) is 19.8 Å². The first-order valence-corrected chi connectivity index (χ1v) is 4.15. The fraction of sp³-hybridized carbons (Fsp3) is 0.750. The lowest BCUT2D eigenvalue weighted by Gasteiger charge is -2.02. The van der Waals surface area contributed by atoms with Crippen molar-refractivity contribution in [3.05, 3.63) is 12.2 Å². The van der Waals surface area contributed by atoms with Gasteiger partial charge < -0.3 is 4.74 Å². The Morgan fingerprint density at radius 1 is 1.60 bits per heavy atom. The van der Waals surface area contributed by atoms with Gasteiger partial charge in [-0.2, -0.15) is 0 Å². The van der Waals surface area contributed by atoms with Gasteiger partial charge in [0.2, 0.25) is 0 Å². The summed E-state index contributed by atoms with van der Waals surface area (Å²) in [6.07, 6.45) is 2.29. The van der Waals surface area contributed by atoms with Crippen molar-refractivity contribution in [1.29, 1.82) is 0 Å². The minimum atomic E-state index is 0.506. The summed E-state index contributed by atoms with van der Waals surface area (Å²) in [7, 11) is 0. The minimum absolute atomic E-state index is 0.506. The fourth-order valence-corrected chi connectivity index (χ4v) is 0.579. The second-order valence-corrected chi connectivity index (χ2v) is 2.56. The highest BCUT2D eigenvalue weighted by Gasteiger charge is 1.90. The Kier molecular flexibility index (Phi) is 7.09. The second-order valence-electron chi connectivity index (χ2n) is 2.29. The molecular formula is C8H15ClO. The van der Waals surface area contributed by atoms with Gasteiger partial charge in [0.05, 0.1) is 6.61 Å². The molecule has 0 aromatic heterocycles. The lowest BCUT2D eigenvalue weighted by atomic mass is 10.3. The highest BCUT2D eigenvalue weighted by molar-refractivity contribution is 6.19. The van der Waals surface area contributed by atoms with Gasteiger partial charge in [-0.05, 0) is 12.0 Å². The summed E-state index contributed by atoms with van der Waals surface area (Å²) < 4.78 is 5.24. The van der Waals surface area contributed by atoms with Gasteiger partial charge in [0.25, 0.3) is 0 Å². The average molecular weight is 163 g/mol. The molecule has 0 rings (SSSR count). The second kappa shape index (κ2) is 7.10. The monoisotopic (exact) mass is 162 g/mol. The number of ether oxygens (including phenoxy) is 1. The van der Waals surface area contributed by atoms with E-state index in [2.05, 4.69) is 13.5 Å². The maximum atomic E-state index is 5.49. The third kappa shape index (κ3) is 6.12. The molecule has 0 heterocycles. The van der Waals surface area contributed by atoms with E-state index in [1.165, 1.54) is 6.42 Å². The van der Waals surface area contributed by atoms with E-state index in [-0.39, 0.29) is 0 Å². The average Bonchev–Trinajstić information content (AvgIpc) is 1.98. The van der Waals surface area contributed by atoms with Crippen LogP contribution in [0.2, 0.25) is 0 Å². The van der Waals surface area contributed by atoms with Gasteiger partial charge in [-0.25, -0.2) is 0 Å². The topological polar surface area (TPSA) is 9.23 Å². The molecule has 0 aromatic carbocycles. The predicted octanol–water partition coefficient (Wildman–Crippen LogP) is 2.60. The molecule has 0 saturated carbocycles. The summed E-state index contributed by atoms with van der Waals surface area (Å²) >= 11 is 5.49. The lowest BCUT2D eigenvalue weighted by molar-refractivity contribution is 0.153. The van der Waals surface area contributed by atoms with Gasteiger partial charge in [-0.1, -0.05) is 19.9 Å². The molecule has 0 fully saturated rings. The SMILES string of the molecule is C=C(CCl)COCCCC. The standard InChI is InChI=1S/C8H15ClO/c1-3-4-5-10-7-8(2)6-9/h2-7H2,1H3. The van der Waals surface area contributed by atoms with Crippen LogP contribution in [0.5, 0.6) is 0 Å². The van der Waals surface area contributed by atoms with Crippen molar-refractivity contribution in [2.75, 3.05) is 19.1 Å². The fourth-order valence-electron chi connectivity index (χ4n) is 0.501. The van der Waals surface area contributed by atoms with Crippen LogP contribution in [0.25, 0.3) is 0 Å². The molecule has 0 unspecified atom stereocenters. The smallest absolute Gasteiger partial charge is 0.0685 e. The third-order valence-corrected chi connectivity index (χ3v) is 1.52. The van der Waals surface area contributed by atoms with Crippen LogP contribution >= 0.6 is 11.6 Å². The zero-order valence-corrected chi connectivity index (χ0v) is 7.28. The van der Waals surface area contributed by atoms with Crippen molar-refractivity contribution in [2.45, 2.75) is 19.8 Å². The van der Waals surface area contributed by atoms with Gasteiger partial charge >= 0.3 is 0 Å². The summed E-state index contributed by atoms with van der Waals surface area (Å²) in [4.78, 5) is 0. The molecule has 0 aliphatic carbocycles. The van der Waals surface area contributed by atoms with E-state index < -0.39 is 0 Å². The molecule has 2 heteroatoms. The van der Waals surface area contributed by atoms with E-state index in [0.29, 0.717) is 12.5 Å². The van der Waals surface area contributed by atoms with Crippen molar-refractivity contribution in [1.82, 2.24) is 0 Å². The first kappa shape index (κ1) is 9.99. The number of hydrogen-bond acceptors (Lipinski definition) is 1. The van der Waals surface area contributed by atoms with Crippen LogP contribution in [0, 0.1) is 0 Å². The van der Waals surface area contributed by atoms with E-state index in [9.17, 15) is 0 Å². The molecule has 0 amide bonds. The number of alkyl halides is 1. The molecule has 0 atom stereocenters. The molecule has 0 aliphatic rings. The first-order chi connectivity index (χ1) is 4.81. The molecule has 0 spiro atoms. The maximum Gasteiger partial charge on any atom is 0.0685 e. The Morgan fingerprint density at radius 3 is 2.80 bits per heavy atom. The van der Waals surface area contributed by atoms with Crippen molar-refractivity contribution in [2.24, 2.45) is 0 Å². The van der Waals surface area contributed by atoms with Gasteiger partial charge in [-0.3, -0.25) is 0 Å². The van der Waals surface area contributed by atoms with Crippen LogP contribution in [-0.2, 0) is 4.74 Å². The normalized spacial score (nSPS) is 9.80. The molecule has 60 valence electrons. The van der Waals surface area contributed by atoms with Gasteiger partial charge in [0.1, 0.15) is 0 Å². The molecule has 0 aliphatic heterocycles. The summed E-state index contributed by atoms with van der Waals surface area (Å²) in [5, 5.41) is 0. The Balaban J connectivity index is 2.96. The van der Waals surface area contributed by atoms with Crippen LogP contribution in [0.4, 0.5) is 0 Å². The zero-order chi connectivity index (χ0) is 7.82. The van der Waals surface area contributed by atoms with Gasteiger partial charge in [-0.15, -0.1) is 11.6 Å². The van der Waals surface area contributed by atoms with E-state index >= 15 is 0 Å². The summed E-state index contributed by atoms with van der Waals surface area (Å²) in [5.41, 5.74) is 0.956. The quantitative estimate of drug-likeness (QED) is 0.332. The van der Waals surface area contributed by atoms with E-state index in [4.69, 9.17) is 16.3 Å². The molecule has 0 radical (unpaired) electrons. The largest absolute Gasteiger partial charge is 0.377 e. The minimum Gasteiger partial charge on any atom is -0.377 e. The Hall–Kier alpha value is -0.0100. The van der Waals surface area contributed by atoms with Gasteiger partial charge in [0, 0.05) is 12.5 Å². The highest BCUT2D eigenvalue weighted by atomic mass is 35.5. The molecule has 1 nitrogen and oxygen atoms in total. The molecular weight excluding hydrogens is 148 g/mol.